The molecular weight excluding hydrogens is 223 g/mol. The predicted octanol–water partition coefficient (Wildman–Crippen LogP) is 3.35. The highest BCUT2D eigenvalue weighted by Crippen LogP contribution is 2.13. The number of carbonyl (C=O) groups is 1. The van der Waals surface area contributed by atoms with E-state index in [0.717, 1.165) is 25.7 Å². The third-order valence-corrected chi connectivity index (χ3v) is 2.53. The number of carbonyl (C=O) groups excluding carboxylic acids is 1. The van der Waals surface area contributed by atoms with Crippen LogP contribution in [-0.4, -0.2) is 23.8 Å². The fourth-order valence-corrected chi connectivity index (χ4v) is 1.77. The number of hydrogen-bond donors (Lipinski definition) is 0. The van der Waals surface area contributed by atoms with Gasteiger partial charge in [0.1, 0.15) is 0 Å². The Morgan fingerprint density at radius 2 is 2.07 bits per heavy atom. The lowest BCUT2D eigenvalue weighted by atomic mass is 10.1. The zero-order valence-corrected chi connectivity index (χ0v) is 10.1. The number of ether oxygens (including phenoxy) is 1. The van der Waals surface area contributed by atoms with Crippen molar-refractivity contribution in [1.82, 2.24) is 0 Å². The highest BCUT2D eigenvalue weighted by atomic mass is 35.5. The van der Waals surface area contributed by atoms with E-state index in [9.17, 15) is 4.79 Å². The maximum Gasteiger partial charge on any atom is 0.305 e. The van der Waals surface area contributed by atoms with Crippen LogP contribution in [0.4, 0.5) is 0 Å². The van der Waals surface area contributed by atoms with E-state index in [1.165, 1.54) is 0 Å². The van der Waals surface area contributed by atoms with Crippen LogP contribution in [-0.2, 0) is 9.53 Å². The lowest BCUT2D eigenvalue weighted by Gasteiger charge is -2.06. The molecule has 0 aromatic rings. The van der Waals surface area contributed by atoms with E-state index >= 15 is 0 Å². The minimum Gasteiger partial charge on any atom is -0.466 e. The lowest BCUT2D eigenvalue weighted by molar-refractivity contribution is -0.143. The molecule has 1 atom stereocenters. The summed E-state index contributed by atoms with van der Waals surface area (Å²) in [6, 6.07) is 0. The molecule has 4 heteroatoms. The molecule has 0 unspecified atom stereocenters. The van der Waals surface area contributed by atoms with Gasteiger partial charge in [-0.1, -0.05) is 6.42 Å². The van der Waals surface area contributed by atoms with Crippen molar-refractivity contribution in [3.8, 4) is 0 Å². The maximum atomic E-state index is 10.9. The van der Waals surface area contributed by atoms with E-state index in [4.69, 9.17) is 27.9 Å². The van der Waals surface area contributed by atoms with Crippen LogP contribution in [0.3, 0.4) is 0 Å². The molecule has 0 radical (unpaired) electrons. The zero-order valence-electron chi connectivity index (χ0n) is 8.60. The van der Waals surface area contributed by atoms with Crippen LogP contribution in [0.25, 0.3) is 0 Å². The second-order valence-corrected chi connectivity index (χ2v) is 4.12. The second-order valence-electron chi connectivity index (χ2n) is 3.13. The summed E-state index contributed by atoms with van der Waals surface area (Å²) in [6.45, 7) is 2.27. The first-order valence-electron chi connectivity index (χ1n) is 5.06. The molecular formula is C10H18Cl2O2. The third kappa shape index (κ3) is 8.64. The fraction of sp³-hybridized carbons (Fsp3) is 0.900. The third-order valence-electron chi connectivity index (χ3n) is 1.88. The van der Waals surface area contributed by atoms with Crippen molar-refractivity contribution in [2.24, 2.45) is 0 Å². The molecule has 0 aromatic carbocycles. The quantitative estimate of drug-likeness (QED) is 0.370. The molecule has 14 heavy (non-hydrogen) atoms. The highest BCUT2D eigenvalue weighted by Gasteiger charge is 2.05. The molecule has 0 saturated carbocycles. The number of esters is 1. The number of hydrogen-bond acceptors (Lipinski definition) is 2. The highest BCUT2D eigenvalue weighted by molar-refractivity contribution is 6.22. The van der Waals surface area contributed by atoms with Gasteiger partial charge in [-0.15, -0.1) is 23.2 Å². The summed E-state index contributed by atoms with van der Waals surface area (Å²) < 4.78 is 4.80. The smallest absolute Gasteiger partial charge is 0.305 e. The summed E-state index contributed by atoms with van der Waals surface area (Å²) >= 11 is 11.5. The van der Waals surface area contributed by atoms with Crippen LogP contribution in [0, 0.1) is 0 Å². The first-order chi connectivity index (χ1) is 6.70. The minimum atomic E-state index is -0.115. The molecule has 0 heterocycles. The van der Waals surface area contributed by atoms with Gasteiger partial charge in [0.25, 0.3) is 0 Å². The van der Waals surface area contributed by atoms with Crippen molar-refractivity contribution >= 4 is 29.2 Å². The van der Waals surface area contributed by atoms with Gasteiger partial charge >= 0.3 is 5.97 Å². The van der Waals surface area contributed by atoms with Crippen LogP contribution < -0.4 is 0 Å². The molecule has 0 aliphatic carbocycles. The van der Waals surface area contributed by atoms with Gasteiger partial charge in [-0.25, -0.2) is 0 Å². The Labute approximate surface area is 95.9 Å². The first-order valence-corrected chi connectivity index (χ1v) is 6.03. The van der Waals surface area contributed by atoms with Crippen LogP contribution in [0.1, 0.15) is 39.0 Å². The molecule has 0 aromatic heterocycles. The van der Waals surface area contributed by atoms with Crippen LogP contribution >= 0.6 is 23.2 Å². The summed E-state index contributed by atoms with van der Waals surface area (Å²) in [5, 5.41) is 0.148. The van der Waals surface area contributed by atoms with Gasteiger partial charge in [0.15, 0.2) is 0 Å². The molecule has 0 spiro atoms. The summed E-state index contributed by atoms with van der Waals surface area (Å²) in [5.41, 5.74) is 0. The lowest BCUT2D eigenvalue weighted by Crippen LogP contribution is -2.04. The Morgan fingerprint density at radius 1 is 1.36 bits per heavy atom. The van der Waals surface area contributed by atoms with E-state index in [1.807, 2.05) is 6.92 Å². The predicted molar refractivity (Wildman–Crippen MR) is 60.1 cm³/mol. The van der Waals surface area contributed by atoms with E-state index < -0.39 is 0 Å². The van der Waals surface area contributed by atoms with Crippen LogP contribution in [0.2, 0.25) is 0 Å². The average molecular weight is 241 g/mol. The average Bonchev–Trinajstić information content (AvgIpc) is 2.13. The Balaban J connectivity index is 3.24. The van der Waals surface area contributed by atoms with Crippen molar-refractivity contribution in [2.75, 3.05) is 12.5 Å². The van der Waals surface area contributed by atoms with E-state index in [1.54, 1.807) is 0 Å². The molecule has 84 valence electrons. The molecule has 2 nitrogen and oxygen atoms in total. The van der Waals surface area contributed by atoms with Gasteiger partial charge in [-0.05, 0) is 26.2 Å². The van der Waals surface area contributed by atoms with Crippen molar-refractivity contribution in [2.45, 2.75) is 44.4 Å². The molecule has 0 amide bonds. The maximum absolute atomic E-state index is 10.9. The Kier molecular flexibility index (Phi) is 9.63. The van der Waals surface area contributed by atoms with Gasteiger partial charge in [0.2, 0.25) is 0 Å². The number of alkyl halides is 2. The normalized spacial score (nSPS) is 12.5. The zero-order chi connectivity index (χ0) is 10.8. The SMILES string of the molecule is CCOC(=O)CCCC[C@H](Cl)CCCl. The molecule has 0 saturated heterocycles. The van der Waals surface area contributed by atoms with Crippen LogP contribution in [0.15, 0.2) is 0 Å². The second kappa shape index (κ2) is 9.60. The Bertz CT molecular complexity index is 151. The van der Waals surface area contributed by atoms with Gasteiger partial charge in [-0.2, -0.15) is 0 Å². The monoisotopic (exact) mass is 240 g/mol. The van der Waals surface area contributed by atoms with Crippen molar-refractivity contribution < 1.29 is 9.53 Å². The Morgan fingerprint density at radius 3 is 2.64 bits per heavy atom. The van der Waals surface area contributed by atoms with Gasteiger partial charge in [-0.3, -0.25) is 4.79 Å². The minimum absolute atomic E-state index is 0.115. The first kappa shape index (κ1) is 14.1. The molecule has 0 N–H and O–H groups in total. The van der Waals surface area contributed by atoms with Crippen molar-refractivity contribution in [1.29, 1.82) is 0 Å². The summed E-state index contributed by atoms with van der Waals surface area (Å²) in [7, 11) is 0. The Hall–Kier alpha value is 0.0500. The molecule has 0 rings (SSSR count). The van der Waals surface area contributed by atoms with Crippen molar-refractivity contribution in [3.05, 3.63) is 0 Å². The van der Waals surface area contributed by atoms with Gasteiger partial charge in [0.05, 0.1) is 6.61 Å². The van der Waals surface area contributed by atoms with E-state index in [2.05, 4.69) is 0 Å². The largest absolute Gasteiger partial charge is 0.466 e. The number of halogens is 2. The molecule has 0 fully saturated rings. The summed E-state index contributed by atoms with van der Waals surface area (Å²) in [5.74, 6) is 0.488. The van der Waals surface area contributed by atoms with Crippen LogP contribution in [0.5, 0.6) is 0 Å². The standard InChI is InChI=1S/C10H18Cl2O2/c1-2-14-10(13)6-4-3-5-9(12)7-8-11/h9H,2-8H2,1H3/t9-/m0/s1. The van der Waals surface area contributed by atoms with Gasteiger partial charge in [0, 0.05) is 17.7 Å². The fourth-order valence-electron chi connectivity index (χ4n) is 1.13. The number of rotatable bonds is 8. The topological polar surface area (TPSA) is 26.3 Å². The molecule has 0 aliphatic rings. The molecule has 0 bridgehead atoms. The number of unbranched alkanes of at least 4 members (excludes halogenated alkanes) is 1. The molecule has 0 aliphatic heterocycles. The van der Waals surface area contributed by atoms with E-state index in [-0.39, 0.29) is 11.3 Å². The van der Waals surface area contributed by atoms with Gasteiger partial charge < -0.3 is 4.74 Å². The summed E-state index contributed by atoms with van der Waals surface area (Å²) in [4.78, 5) is 10.9. The summed E-state index contributed by atoms with van der Waals surface area (Å²) in [6.07, 6.45) is 4.07. The van der Waals surface area contributed by atoms with Crippen molar-refractivity contribution in [3.63, 3.8) is 0 Å². The van der Waals surface area contributed by atoms with E-state index in [0.29, 0.717) is 18.9 Å².